The number of anilines is 1. The summed E-state index contributed by atoms with van der Waals surface area (Å²) in [5, 5.41) is 17.0. The molecule has 23 heavy (non-hydrogen) atoms. The van der Waals surface area contributed by atoms with E-state index in [1.165, 1.54) is 0 Å². The second-order valence-electron chi connectivity index (χ2n) is 5.11. The first-order valence-electron chi connectivity index (χ1n) is 7.29. The fourth-order valence-electron chi connectivity index (χ4n) is 2.28. The maximum atomic E-state index is 8.87. The summed E-state index contributed by atoms with van der Waals surface area (Å²) in [5.74, 6) is 0. The van der Waals surface area contributed by atoms with Crippen molar-refractivity contribution in [3.8, 4) is 11.8 Å². The number of halogens is 1. The van der Waals surface area contributed by atoms with Crippen molar-refractivity contribution in [2.75, 3.05) is 11.9 Å². The lowest BCUT2D eigenvalue weighted by Crippen LogP contribution is -2.04. The molecule has 0 aliphatic heterocycles. The van der Waals surface area contributed by atoms with Gasteiger partial charge < -0.3 is 5.32 Å². The highest BCUT2D eigenvalue weighted by atomic mass is 35.5. The highest BCUT2D eigenvalue weighted by molar-refractivity contribution is 6.32. The summed E-state index contributed by atoms with van der Waals surface area (Å²) in [6.07, 6.45) is 4.76. The van der Waals surface area contributed by atoms with Crippen LogP contribution in [0.3, 0.4) is 0 Å². The van der Waals surface area contributed by atoms with Crippen LogP contribution in [-0.4, -0.2) is 16.3 Å². The summed E-state index contributed by atoms with van der Waals surface area (Å²) in [5.41, 5.74) is 3.59. The van der Waals surface area contributed by atoms with Crippen molar-refractivity contribution >= 4 is 17.3 Å². The first-order valence-corrected chi connectivity index (χ1v) is 7.66. The van der Waals surface area contributed by atoms with Crippen LogP contribution in [0.25, 0.3) is 5.69 Å². The van der Waals surface area contributed by atoms with Crippen LogP contribution in [-0.2, 0) is 6.42 Å². The summed E-state index contributed by atoms with van der Waals surface area (Å²) in [4.78, 5) is 0. The zero-order valence-electron chi connectivity index (χ0n) is 12.4. The third-order valence-corrected chi connectivity index (χ3v) is 3.80. The van der Waals surface area contributed by atoms with E-state index in [0.29, 0.717) is 10.6 Å². The van der Waals surface area contributed by atoms with Crippen LogP contribution in [0.4, 0.5) is 5.69 Å². The molecule has 4 nitrogen and oxygen atoms in total. The molecule has 0 atom stereocenters. The van der Waals surface area contributed by atoms with E-state index in [4.69, 9.17) is 16.9 Å². The minimum atomic E-state index is 0.467. The number of nitrogens with one attached hydrogen (secondary N) is 1. The number of nitrogens with zero attached hydrogens (tertiary/aromatic N) is 3. The van der Waals surface area contributed by atoms with Gasteiger partial charge in [0, 0.05) is 18.4 Å². The van der Waals surface area contributed by atoms with E-state index in [0.717, 1.165) is 29.9 Å². The van der Waals surface area contributed by atoms with E-state index >= 15 is 0 Å². The van der Waals surface area contributed by atoms with Crippen LogP contribution in [0.15, 0.2) is 60.9 Å². The van der Waals surface area contributed by atoms with Gasteiger partial charge >= 0.3 is 0 Å². The lowest BCUT2D eigenvalue weighted by atomic mass is 10.2. The Morgan fingerprint density at radius 2 is 2.00 bits per heavy atom. The highest BCUT2D eigenvalue weighted by Gasteiger charge is 2.03. The summed E-state index contributed by atoms with van der Waals surface area (Å²) in [7, 11) is 0. The van der Waals surface area contributed by atoms with E-state index < -0.39 is 0 Å². The number of hydrogen-bond acceptors (Lipinski definition) is 3. The van der Waals surface area contributed by atoms with Crippen molar-refractivity contribution in [2.24, 2.45) is 0 Å². The van der Waals surface area contributed by atoms with Gasteiger partial charge in [0.1, 0.15) is 6.07 Å². The Labute approximate surface area is 139 Å². The van der Waals surface area contributed by atoms with Crippen LogP contribution in [0.1, 0.15) is 11.1 Å². The SMILES string of the molecule is N#Cc1ccc(NCCc2cnn(-c3ccccc3)c2)cc1Cl. The Bertz CT molecular complexity index is 834. The molecule has 0 saturated carbocycles. The smallest absolute Gasteiger partial charge is 0.101 e. The van der Waals surface area contributed by atoms with Crippen molar-refractivity contribution in [3.05, 3.63) is 77.1 Å². The minimum Gasteiger partial charge on any atom is -0.385 e. The van der Waals surface area contributed by atoms with Gasteiger partial charge in [0.05, 0.1) is 22.5 Å². The molecule has 3 aromatic rings. The largest absolute Gasteiger partial charge is 0.385 e. The van der Waals surface area contributed by atoms with E-state index in [1.807, 2.05) is 53.5 Å². The lowest BCUT2D eigenvalue weighted by molar-refractivity contribution is 0.879. The molecule has 0 spiro atoms. The molecule has 114 valence electrons. The Morgan fingerprint density at radius 3 is 2.74 bits per heavy atom. The second kappa shape index (κ2) is 6.99. The van der Waals surface area contributed by atoms with Crippen LogP contribution >= 0.6 is 11.6 Å². The van der Waals surface area contributed by atoms with Gasteiger partial charge in [-0.2, -0.15) is 10.4 Å². The van der Waals surface area contributed by atoms with E-state index in [9.17, 15) is 0 Å². The normalized spacial score (nSPS) is 10.3. The Balaban J connectivity index is 1.58. The number of para-hydroxylation sites is 1. The molecule has 0 aliphatic rings. The van der Waals surface area contributed by atoms with Crippen molar-refractivity contribution in [3.63, 3.8) is 0 Å². The highest BCUT2D eigenvalue weighted by Crippen LogP contribution is 2.20. The predicted octanol–water partition coefficient (Wildman–Crippen LogP) is 4.05. The van der Waals surface area contributed by atoms with Gasteiger partial charge in [-0.25, -0.2) is 4.68 Å². The summed E-state index contributed by atoms with van der Waals surface area (Å²) < 4.78 is 1.87. The van der Waals surface area contributed by atoms with Crippen LogP contribution in [0.2, 0.25) is 5.02 Å². The zero-order valence-corrected chi connectivity index (χ0v) is 13.2. The third kappa shape index (κ3) is 3.71. The molecule has 2 aromatic carbocycles. The van der Waals surface area contributed by atoms with E-state index in [2.05, 4.69) is 16.5 Å². The number of benzene rings is 2. The molecular formula is C18H15ClN4. The van der Waals surface area contributed by atoms with Gasteiger partial charge in [0.25, 0.3) is 0 Å². The molecule has 0 aliphatic carbocycles. The van der Waals surface area contributed by atoms with Crippen molar-refractivity contribution in [2.45, 2.75) is 6.42 Å². The lowest BCUT2D eigenvalue weighted by Gasteiger charge is -2.06. The molecule has 3 rings (SSSR count). The first-order chi connectivity index (χ1) is 11.3. The Hall–Kier alpha value is -2.77. The maximum Gasteiger partial charge on any atom is 0.101 e. The molecule has 5 heteroatoms. The molecule has 1 heterocycles. The predicted molar refractivity (Wildman–Crippen MR) is 91.9 cm³/mol. The second-order valence-corrected chi connectivity index (χ2v) is 5.52. The van der Waals surface area contributed by atoms with Gasteiger partial charge in [0.15, 0.2) is 0 Å². The average molecular weight is 323 g/mol. The molecule has 0 unspecified atom stereocenters. The molecule has 1 N–H and O–H groups in total. The number of hydrogen-bond donors (Lipinski definition) is 1. The van der Waals surface area contributed by atoms with E-state index in [-0.39, 0.29) is 0 Å². The molecule has 0 radical (unpaired) electrons. The van der Waals surface area contributed by atoms with Gasteiger partial charge in [-0.15, -0.1) is 0 Å². The number of rotatable bonds is 5. The molecule has 0 bridgehead atoms. The molecule has 0 saturated heterocycles. The van der Waals surface area contributed by atoms with Gasteiger partial charge in [-0.05, 0) is 42.3 Å². The first kappa shape index (κ1) is 15.1. The van der Waals surface area contributed by atoms with Gasteiger partial charge in [-0.3, -0.25) is 0 Å². The summed E-state index contributed by atoms with van der Waals surface area (Å²) in [6, 6.07) is 17.4. The quantitative estimate of drug-likeness (QED) is 0.771. The molecule has 0 amide bonds. The Morgan fingerprint density at radius 1 is 1.17 bits per heavy atom. The maximum absolute atomic E-state index is 8.87. The van der Waals surface area contributed by atoms with Gasteiger partial charge in [0.2, 0.25) is 0 Å². The fourth-order valence-corrected chi connectivity index (χ4v) is 2.50. The summed E-state index contributed by atoms with van der Waals surface area (Å²) >= 11 is 6.02. The van der Waals surface area contributed by atoms with Crippen LogP contribution in [0, 0.1) is 11.3 Å². The number of aromatic nitrogens is 2. The molecule has 1 aromatic heterocycles. The van der Waals surface area contributed by atoms with Crippen molar-refractivity contribution in [1.82, 2.24) is 9.78 Å². The fraction of sp³-hybridized carbons (Fsp3) is 0.111. The average Bonchev–Trinajstić information content (AvgIpc) is 3.05. The number of nitriles is 1. The van der Waals surface area contributed by atoms with Crippen LogP contribution < -0.4 is 5.32 Å². The third-order valence-electron chi connectivity index (χ3n) is 3.49. The van der Waals surface area contributed by atoms with Crippen molar-refractivity contribution in [1.29, 1.82) is 5.26 Å². The van der Waals surface area contributed by atoms with E-state index in [1.54, 1.807) is 12.1 Å². The summed E-state index contributed by atoms with van der Waals surface area (Å²) in [6.45, 7) is 0.767. The monoisotopic (exact) mass is 322 g/mol. The standard InChI is InChI=1S/C18H15ClN4/c19-18-10-16(7-6-15(18)11-20)21-9-8-14-12-22-23(13-14)17-4-2-1-3-5-17/h1-7,10,12-13,21H,8-9H2. The van der Waals surface area contributed by atoms with Gasteiger partial charge in [-0.1, -0.05) is 29.8 Å². The zero-order chi connectivity index (χ0) is 16.1. The molecular weight excluding hydrogens is 308 g/mol. The van der Waals surface area contributed by atoms with Crippen molar-refractivity contribution < 1.29 is 0 Å². The minimum absolute atomic E-state index is 0.467. The van der Waals surface area contributed by atoms with Crippen LogP contribution in [0.5, 0.6) is 0 Å². The molecule has 0 fully saturated rings. The topological polar surface area (TPSA) is 53.6 Å². The Kier molecular flexibility index (Phi) is 4.60.